The summed E-state index contributed by atoms with van der Waals surface area (Å²) < 4.78 is 39.2. The summed E-state index contributed by atoms with van der Waals surface area (Å²) in [6.07, 6.45) is 2.87. The van der Waals surface area contributed by atoms with Crippen LogP contribution in [0.4, 0.5) is 0 Å². The highest BCUT2D eigenvalue weighted by Crippen LogP contribution is 2.16. The Balaban J connectivity index is 0.000000431. The van der Waals surface area contributed by atoms with Crippen molar-refractivity contribution in [3.05, 3.63) is 34.3 Å². The molecule has 1 N–H and O–H groups in total. The minimum absolute atomic E-state index is 0.298. The Morgan fingerprint density at radius 3 is 2.50 bits per heavy atom. The first-order chi connectivity index (χ1) is 12.1. The summed E-state index contributed by atoms with van der Waals surface area (Å²) in [5.41, 5.74) is 2.78. The van der Waals surface area contributed by atoms with Gasteiger partial charge in [0, 0.05) is 13.5 Å². The number of morpholine rings is 1. The van der Waals surface area contributed by atoms with E-state index in [-0.39, 0.29) is 5.76 Å². The van der Waals surface area contributed by atoms with E-state index < -0.39 is 10.1 Å². The van der Waals surface area contributed by atoms with Crippen LogP contribution in [-0.2, 0) is 28.3 Å². The number of benzene rings is 1. The monoisotopic (exact) mass is 387 g/mol. The van der Waals surface area contributed by atoms with Crippen LogP contribution in [0.2, 0.25) is 0 Å². The van der Waals surface area contributed by atoms with Gasteiger partial charge in [0.2, 0.25) is 0 Å². The van der Waals surface area contributed by atoms with E-state index in [0.29, 0.717) is 11.8 Å². The molecule has 1 aliphatic heterocycles. The summed E-state index contributed by atoms with van der Waals surface area (Å²) in [6, 6.07) is 6.06. The third-order valence-corrected chi connectivity index (χ3v) is 4.57. The van der Waals surface area contributed by atoms with Crippen LogP contribution >= 0.6 is 0 Å². The van der Waals surface area contributed by atoms with E-state index in [4.69, 9.17) is 13.7 Å². The van der Waals surface area contributed by atoms with Crippen molar-refractivity contribution >= 4 is 21.2 Å². The molecular formula is C17H27N2O6S+. The first kappa shape index (κ1) is 20.6. The van der Waals surface area contributed by atoms with E-state index in [1.165, 1.54) is 12.1 Å². The van der Waals surface area contributed by atoms with E-state index in [0.717, 1.165) is 49.1 Å². The lowest BCUT2D eigenvalue weighted by Gasteiger charge is -2.37. The highest BCUT2D eigenvalue weighted by atomic mass is 32.2. The minimum atomic E-state index is -3.67. The van der Waals surface area contributed by atoms with Crippen LogP contribution in [0.3, 0.4) is 0 Å². The highest BCUT2D eigenvalue weighted by molar-refractivity contribution is 7.85. The third kappa shape index (κ3) is 6.24. The fourth-order valence-electron chi connectivity index (χ4n) is 3.01. The Kier molecular flexibility index (Phi) is 6.62. The van der Waals surface area contributed by atoms with Crippen molar-refractivity contribution in [3.8, 4) is 0 Å². The molecular weight excluding hydrogens is 360 g/mol. The topological polar surface area (TPSA) is 98.7 Å². The van der Waals surface area contributed by atoms with Crippen molar-refractivity contribution in [3.63, 3.8) is 0 Å². The molecule has 0 spiro atoms. The Hall–Kier alpha value is -1.68. The van der Waals surface area contributed by atoms with Gasteiger partial charge in [0.05, 0.1) is 38.6 Å². The SMILES string of the molecule is CS(=O)(=O)O.Cn1c(=O)oc2cc(CCC[N+]3(C)CCOCC3)ccc21. The minimum Gasteiger partial charge on any atom is -0.408 e. The molecule has 1 aliphatic rings. The van der Waals surface area contributed by atoms with Gasteiger partial charge in [-0.1, -0.05) is 6.07 Å². The van der Waals surface area contributed by atoms with Gasteiger partial charge in [-0.15, -0.1) is 0 Å². The molecule has 0 unspecified atom stereocenters. The fraction of sp³-hybridized carbons (Fsp3) is 0.588. The number of aryl methyl sites for hydroxylation is 2. The molecule has 2 heterocycles. The molecule has 1 saturated heterocycles. The van der Waals surface area contributed by atoms with Gasteiger partial charge in [-0.2, -0.15) is 8.42 Å². The molecule has 2 aromatic rings. The van der Waals surface area contributed by atoms with E-state index >= 15 is 0 Å². The molecule has 8 nitrogen and oxygen atoms in total. The number of ether oxygens (including phenoxy) is 1. The van der Waals surface area contributed by atoms with Crippen LogP contribution in [0, 0.1) is 0 Å². The van der Waals surface area contributed by atoms with Crippen LogP contribution in [-0.4, -0.2) is 68.2 Å². The third-order valence-electron chi connectivity index (χ3n) is 4.57. The molecule has 0 bridgehead atoms. The highest BCUT2D eigenvalue weighted by Gasteiger charge is 2.24. The van der Waals surface area contributed by atoms with Crippen molar-refractivity contribution in [1.29, 1.82) is 0 Å². The van der Waals surface area contributed by atoms with Crippen molar-refractivity contribution < 1.29 is 26.6 Å². The zero-order valence-electron chi connectivity index (χ0n) is 15.5. The molecule has 9 heteroatoms. The van der Waals surface area contributed by atoms with Gasteiger partial charge in [0.1, 0.15) is 13.1 Å². The second-order valence-electron chi connectivity index (χ2n) is 6.97. The molecule has 146 valence electrons. The average Bonchev–Trinajstić information content (AvgIpc) is 2.80. The van der Waals surface area contributed by atoms with E-state index in [2.05, 4.69) is 13.1 Å². The molecule has 26 heavy (non-hydrogen) atoms. The maximum absolute atomic E-state index is 11.5. The van der Waals surface area contributed by atoms with Gasteiger partial charge in [0.15, 0.2) is 5.58 Å². The number of aromatic nitrogens is 1. The number of fused-ring (bicyclic) bond motifs is 1. The first-order valence-electron chi connectivity index (χ1n) is 8.50. The fourth-order valence-corrected chi connectivity index (χ4v) is 3.01. The molecule has 0 aliphatic carbocycles. The number of quaternary nitrogens is 1. The number of nitrogens with zero attached hydrogens (tertiary/aromatic N) is 2. The van der Waals surface area contributed by atoms with Gasteiger partial charge in [-0.3, -0.25) is 9.12 Å². The predicted octanol–water partition coefficient (Wildman–Crippen LogP) is 1.04. The van der Waals surface area contributed by atoms with Crippen LogP contribution in [0.15, 0.2) is 27.4 Å². The second-order valence-corrected chi connectivity index (χ2v) is 8.43. The van der Waals surface area contributed by atoms with Gasteiger partial charge < -0.3 is 13.6 Å². The van der Waals surface area contributed by atoms with Crippen molar-refractivity contribution in [1.82, 2.24) is 4.57 Å². The van der Waals surface area contributed by atoms with Crippen molar-refractivity contribution in [2.75, 3.05) is 46.2 Å². The Bertz CT molecular complexity index is 886. The van der Waals surface area contributed by atoms with Crippen molar-refractivity contribution in [2.45, 2.75) is 12.8 Å². The molecule has 0 saturated carbocycles. The summed E-state index contributed by atoms with van der Waals surface area (Å²) in [5.74, 6) is -0.298. The lowest BCUT2D eigenvalue weighted by molar-refractivity contribution is -0.917. The lowest BCUT2D eigenvalue weighted by atomic mass is 10.1. The van der Waals surface area contributed by atoms with Gasteiger partial charge >= 0.3 is 5.76 Å². The molecule has 3 rings (SSSR count). The Labute approximate surface area is 153 Å². The normalized spacial score (nSPS) is 16.9. The molecule has 0 radical (unpaired) electrons. The zero-order valence-corrected chi connectivity index (χ0v) is 16.3. The van der Waals surface area contributed by atoms with Gasteiger partial charge in [-0.05, 0) is 24.1 Å². The van der Waals surface area contributed by atoms with E-state index in [1.807, 2.05) is 12.1 Å². The van der Waals surface area contributed by atoms with Crippen LogP contribution in [0.1, 0.15) is 12.0 Å². The smallest absolute Gasteiger partial charge is 0.408 e. The number of likely N-dealkylation sites (N-methyl/N-ethyl adjacent to an activating group) is 1. The van der Waals surface area contributed by atoms with Gasteiger partial charge in [-0.25, -0.2) is 4.79 Å². The second kappa shape index (κ2) is 8.34. The van der Waals surface area contributed by atoms with E-state index in [9.17, 15) is 13.2 Å². The largest absolute Gasteiger partial charge is 0.419 e. The van der Waals surface area contributed by atoms with Crippen LogP contribution < -0.4 is 5.76 Å². The number of hydrogen-bond donors (Lipinski definition) is 1. The summed E-state index contributed by atoms with van der Waals surface area (Å²) >= 11 is 0. The quantitative estimate of drug-likeness (QED) is 0.622. The molecule has 0 atom stereocenters. The van der Waals surface area contributed by atoms with Crippen LogP contribution in [0.25, 0.3) is 11.1 Å². The maximum Gasteiger partial charge on any atom is 0.419 e. The molecule has 1 fully saturated rings. The first-order valence-corrected chi connectivity index (χ1v) is 10.3. The zero-order chi connectivity index (χ0) is 19.4. The Morgan fingerprint density at radius 2 is 1.88 bits per heavy atom. The van der Waals surface area contributed by atoms with Gasteiger partial charge in [0.25, 0.3) is 10.1 Å². The molecule has 1 aromatic carbocycles. The summed E-state index contributed by atoms with van der Waals surface area (Å²) in [7, 11) is 0.374. The standard InChI is InChI=1S/C16H23N2O3.CH4O3S/c1-17-14-6-5-13(12-15(14)21-16(17)19)4-3-7-18(2)8-10-20-11-9-18;1-5(2,3)4/h5-6,12H,3-4,7-11H2,1-2H3;1H3,(H,2,3,4)/q+1;. The predicted molar refractivity (Wildman–Crippen MR) is 98.9 cm³/mol. The van der Waals surface area contributed by atoms with Crippen LogP contribution in [0.5, 0.6) is 0 Å². The van der Waals surface area contributed by atoms with Crippen molar-refractivity contribution in [2.24, 2.45) is 7.05 Å². The Morgan fingerprint density at radius 1 is 1.27 bits per heavy atom. The number of hydrogen-bond acceptors (Lipinski definition) is 5. The van der Waals surface area contributed by atoms with E-state index in [1.54, 1.807) is 11.6 Å². The summed E-state index contributed by atoms with van der Waals surface area (Å²) in [5, 5.41) is 0. The molecule has 1 aromatic heterocycles. The lowest BCUT2D eigenvalue weighted by Crippen LogP contribution is -2.52. The molecule has 0 amide bonds. The maximum atomic E-state index is 11.5. The summed E-state index contributed by atoms with van der Waals surface area (Å²) in [4.78, 5) is 11.5. The summed E-state index contributed by atoms with van der Waals surface area (Å²) in [6.45, 7) is 5.12. The number of oxazole rings is 1. The number of rotatable bonds is 4. The average molecular weight is 387 g/mol.